The number of hydrogen-bond acceptors (Lipinski definition) is 8. The number of ether oxygens (including phenoxy) is 2. The molecular weight excluding hydrogens is 551 g/mol. The fraction of sp³-hybridized carbons (Fsp3) is 0.407. The summed E-state index contributed by atoms with van der Waals surface area (Å²) in [6.45, 7) is 1.21. The van der Waals surface area contributed by atoms with Gasteiger partial charge >= 0.3 is 12.1 Å². The average molecular weight is 578 g/mol. The lowest BCUT2D eigenvalue weighted by atomic mass is 10.0. The van der Waals surface area contributed by atoms with Gasteiger partial charge in [-0.1, -0.05) is 11.6 Å². The molecule has 2 atom stereocenters. The fourth-order valence-electron chi connectivity index (χ4n) is 5.16. The molecule has 0 aliphatic carbocycles. The quantitative estimate of drug-likeness (QED) is 0.442. The highest BCUT2D eigenvalue weighted by Gasteiger charge is 2.46. The molecule has 3 aromatic rings. The summed E-state index contributed by atoms with van der Waals surface area (Å²) >= 11 is 5.92. The van der Waals surface area contributed by atoms with Crippen molar-refractivity contribution in [2.75, 3.05) is 38.2 Å². The van der Waals surface area contributed by atoms with E-state index in [0.29, 0.717) is 59.0 Å². The number of aromatic nitrogens is 2. The molecule has 2 aliphatic heterocycles. The van der Waals surface area contributed by atoms with E-state index in [4.69, 9.17) is 21.1 Å². The van der Waals surface area contributed by atoms with Crippen molar-refractivity contribution in [3.8, 4) is 5.75 Å². The van der Waals surface area contributed by atoms with Crippen LogP contribution in [0, 0.1) is 0 Å². The Morgan fingerprint density at radius 3 is 2.45 bits per heavy atom. The van der Waals surface area contributed by atoms with E-state index < -0.39 is 24.3 Å². The van der Waals surface area contributed by atoms with Crippen molar-refractivity contribution >= 4 is 40.2 Å². The molecule has 2 aliphatic rings. The maximum absolute atomic E-state index is 13.1. The van der Waals surface area contributed by atoms with Crippen LogP contribution in [0.15, 0.2) is 48.8 Å². The van der Waals surface area contributed by atoms with Crippen LogP contribution in [-0.2, 0) is 9.53 Å². The Morgan fingerprint density at radius 1 is 1.05 bits per heavy atom. The Labute approximate surface area is 233 Å². The van der Waals surface area contributed by atoms with Gasteiger partial charge in [0, 0.05) is 41.6 Å². The normalized spacial score (nSPS) is 20.1. The summed E-state index contributed by atoms with van der Waals surface area (Å²) in [5, 5.41) is 4.60. The van der Waals surface area contributed by atoms with Crippen molar-refractivity contribution in [2.45, 2.75) is 37.2 Å². The second-order valence-electron chi connectivity index (χ2n) is 9.77. The molecule has 0 radical (unpaired) electrons. The van der Waals surface area contributed by atoms with Crippen molar-refractivity contribution < 1.29 is 32.2 Å². The Hall–Kier alpha value is -3.64. The van der Waals surface area contributed by atoms with Gasteiger partial charge in [-0.2, -0.15) is 13.2 Å². The summed E-state index contributed by atoms with van der Waals surface area (Å²) in [5.74, 6) is -1.25. The van der Waals surface area contributed by atoms with Gasteiger partial charge in [0.15, 0.2) is 0 Å². The SMILES string of the molecule is COc1ccc2ncnc(N3CC(NC4CCN(C(=O)c5ccc(Cl)cc5)CC4)C(OC(=O)C(F)(F)F)C3)c2c1. The zero-order valence-electron chi connectivity index (χ0n) is 21.5. The highest BCUT2D eigenvalue weighted by atomic mass is 35.5. The summed E-state index contributed by atoms with van der Waals surface area (Å²) in [4.78, 5) is 36.8. The zero-order valence-corrected chi connectivity index (χ0v) is 22.3. The topological polar surface area (TPSA) is 96.9 Å². The van der Waals surface area contributed by atoms with Gasteiger partial charge in [-0.15, -0.1) is 0 Å². The first-order valence-corrected chi connectivity index (χ1v) is 13.1. The van der Waals surface area contributed by atoms with Gasteiger partial charge in [-0.3, -0.25) is 4.79 Å². The van der Waals surface area contributed by atoms with Crippen molar-refractivity contribution in [2.24, 2.45) is 0 Å². The number of hydrogen-bond donors (Lipinski definition) is 1. The number of anilines is 1. The fourth-order valence-corrected chi connectivity index (χ4v) is 5.28. The zero-order chi connectivity index (χ0) is 28.4. The number of nitrogens with zero attached hydrogens (tertiary/aromatic N) is 4. The molecule has 0 saturated carbocycles. The van der Waals surface area contributed by atoms with Gasteiger partial charge in [-0.25, -0.2) is 14.8 Å². The molecule has 0 spiro atoms. The van der Waals surface area contributed by atoms with E-state index in [1.54, 1.807) is 52.3 Å². The molecule has 5 rings (SSSR count). The predicted octanol–water partition coefficient (Wildman–Crippen LogP) is 3.85. The minimum atomic E-state index is -5.11. The number of benzene rings is 2. The van der Waals surface area contributed by atoms with Crippen LogP contribution in [0.4, 0.5) is 19.0 Å². The first-order chi connectivity index (χ1) is 19.1. The molecule has 2 fully saturated rings. The first-order valence-electron chi connectivity index (χ1n) is 12.7. The molecule has 1 amide bonds. The molecule has 3 heterocycles. The standard InChI is InChI=1S/C27H27ClF3N5O4/c1-39-19-6-7-21-20(12-19)24(33-15-32-21)36-13-22(23(14-36)40-26(38)27(29,30)31)34-18-8-10-35(11-9-18)25(37)16-2-4-17(28)5-3-16/h2-7,12,15,18,22-23,34H,8-11,13-14H2,1H3. The van der Waals surface area contributed by atoms with Gasteiger partial charge < -0.3 is 24.6 Å². The first kappa shape index (κ1) is 27.9. The monoisotopic (exact) mass is 577 g/mol. The number of amides is 1. The minimum Gasteiger partial charge on any atom is -0.497 e. The summed E-state index contributed by atoms with van der Waals surface area (Å²) in [6, 6.07) is 11.3. The highest BCUT2D eigenvalue weighted by molar-refractivity contribution is 6.30. The number of piperidine rings is 1. The van der Waals surface area contributed by atoms with Gasteiger partial charge in [0.1, 0.15) is 24.0 Å². The third-order valence-corrected chi connectivity index (χ3v) is 7.45. The number of fused-ring (bicyclic) bond motifs is 1. The van der Waals surface area contributed by atoms with Gasteiger partial charge in [0.05, 0.1) is 25.2 Å². The maximum atomic E-state index is 13.1. The molecular formula is C27H27ClF3N5O4. The lowest BCUT2D eigenvalue weighted by molar-refractivity contribution is -0.204. The van der Waals surface area contributed by atoms with Crippen molar-refractivity contribution in [1.82, 2.24) is 20.2 Å². The number of nitrogens with one attached hydrogen (secondary N) is 1. The van der Waals surface area contributed by atoms with Crippen LogP contribution in [0.5, 0.6) is 5.75 Å². The molecule has 13 heteroatoms. The number of alkyl halides is 3. The van der Waals surface area contributed by atoms with Crippen LogP contribution in [0.2, 0.25) is 5.02 Å². The second kappa shape index (κ2) is 11.5. The smallest absolute Gasteiger partial charge is 0.490 e. The summed E-state index contributed by atoms with van der Waals surface area (Å²) in [5.41, 5.74) is 1.18. The minimum absolute atomic E-state index is 0.0106. The molecule has 2 unspecified atom stereocenters. The third kappa shape index (κ3) is 6.07. The van der Waals surface area contributed by atoms with Crippen LogP contribution < -0.4 is 15.0 Å². The van der Waals surface area contributed by atoms with Crippen molar-refractivity contribution in [1.29, 1.82) is 0 Å². The molecule has 2 saturated heterocycles. The maximum Gasteiger partial charge on any atom is 0.490 e. The van der Waals surface area contributed by atoms with E-state index in [9.17, 15) is 22.8 Å². The van der Waals surface area contributed by atoms with Crippen LogP contribution in [0.1, 0.15) is 23.2 Å². The van der Waals surface area contributed by atoms with Crippen molar-refractivity contribution in [3.05, 3.63) is 59.4 Å². The number of esters is 1. The number of rotatable bonds is 6. The second-order valence-corrected chi connectivity index (χ2v) is 10.2. The summed E-state index contributed by atoms with van der Waals surface area (Å²) < 4.78 is 49.5. The van der Waals surface area contributed by atoms with E-state index in [0.717, 1.165) is 0 Å². The molecule has 2 aromatic carbocycles. The van der Waals surface area contributed by atoms with Gasteiger partial charge in [-0.05, 0) is 55.3 Å². The van der Waals surface area contributed by atoms with E-state index in [-0.39, 0.29) is 25.0 Å². The van der Waals surface area contributed by atoms with E-state index >= 15 is 0 Å². The summed E-state index contributed by atoms with van der Waals surface area (Å²) in [7, 11) is 1.53. The number of halogens is 4. The van der Waals surface area contributed by atoms with E-state index in [1.165, 1.54) is 13.4 Å². The van der Waals surface area contributed by atoms with Gasteiger partial charge in [0.2, 0.25) is 0 Å². The largest absolute Gasteiger partial charge is 0.497 e. The van der Waals surface area contributed by atoms with Crippen LogP contribution in [0.25, 0.3) is 10.9 Å². The molecule has 0 bridgehead atoms. The molecule has 212 valence electrons. The van der Waals surface area contributed by atoms with E-state index in [1.807, 2.05) is 0 Å². The van der Waals surface area contributed by atoms with Crippen LogP contribution >= 0.6 is 11.6 Å². The Morgan fingerprint density at radius 2 is 1.77 bits per heavy atom. The number of methoxy groups -OCH3 is 1. The lowest BCUT2D eigenvalue weighted by Crippen LogP contribution is -2.52. The van der Waals surface area contributed by atoms with Crippen LogP contribution in [-0.4, -0.2) is 84.4 Å². The average Bonchev–Trinajstić information content (AvgIpc) is 3.33. The molecule has 1 N–H and O–H groups in total. The highest BCUT2D eigenvalue weighted by Crippen LogP contribution is 2.31. The summed E-state index contributed by atoms with van der Waals surface area (Å²) in [6.07, 6.45) is -3.62. The van der Waals surface area contributed by atoms with Crippen molar-refractivity contribution in [3.63, 3.8) is 0 Å². The molecule has 9 nitrogen and oxygen atoms in total. The Kier molecular flexibility index (Phi) is 7.99. The Balaban J connectivity index is 1.30. The molecule has 1 aromatic heterocycles. The molecule has 40 heavy (non-hydrogen) atoms. The number of carbonyl (C=O) groups is 2. The lowest BCUT2D eigenvalue weighted by Gasteiger charge is -2.34. The van der Waals surface area contributed by atoms with Gasteiger partial charge in [0.25, 0.3) is 5.91 Å². The number of likely N-dealkylation sites (tertiary alicyclic amines) is 1. The Bertz CT molecular complexity index is 1380. The third-order valence-electron chi connectivity index (χ3n) is 7.20. The van der Waals surface area contributed by atoms with Crippen LogP contribution in [0.3, 0.4) is 0 Å². The predicted molar refractivity (Wildman–Crippen MR) is 142 cm³/mol. The van der Waals surface area contributed by atoms with E-state index in [2.05, 4.69) is 15.3 Å². The number of carbonyl (C=O) groups excluding carboxylic acids is 2.